The number of thiazole rings is 1. The Balaban J connectivity index is 1.95. The fourth-order valence-corrected chi connectivity index (χ4v) is 2.23. The molecule has 4 nitrogen and oxygen atoms in total. The lowest BCUT2D eigenvalue weighted by molar-refractivity contribution is 1.00. The van der Waals surface area contributed by atoms with Crippen molar-refractivity contribution in [2.75, 3.05) is 5.73 Å². The molecule has 0 saturated heterocycles. The first-order chi connectivity index (χ1) is 7.81. The molecular weight excluding hydrogens is 220 g/mol. The third-order valence-electron chi connectivity index (χ3n) is 2.36. The Bertz CT molecular complexity index is 592. The van der Waals surface area contributed by atoms with Crippen LogP contribution in [0, 0.1) is 0 Å². The summed E-state index contributed by atoms with van der Waals surface area (Å²) < 4.78 is 0. The summed E-state index contributed by atoms with van der Waals surface area (Å²) in [5, 5.41) is 2.56. The molecule has 0 saturated carbocycles. The predicted molar refractivity (Wildman–Crippen MR) is 65.4 cm³/mol. The van der Waals surface area contributed by atoms with Gasteiger partial charge >= 0.3 is 0 Å². The number of hydrogen-bond donors (Lipinski definition) is 2. The highest BCUT2D eigenvalue weighted by molar-refractivity contribution is 7.13. The lowest BCUT2D eigenvalue weighted by atomic mass is 10.3. The van der Waals surface area contributed by atoms with Crippen LogP contribution in [0.5, 0.6) is 0 Å². The minimum atomic E-state index is 0.603. The molecule has 0 spiro atoms. The van der Waals surface area contributed by atoms with Crippen molar-refractivity contribution in [2.45, 2.75) is 6.42 Å². The Kier molecular flexibility index (Phi) is 2.11. The lowest BCUT2D eigenvalue weighted by Crippen LogP contribution is -1.91. The fourth-order valence-electron chi connectivity index (χ4n) is 1.66. The van der Waals surface area contributed by atoms with Gasteiger partial charge in [0, 0.05) is 11.8 Å². The second-order valence-corrected chi connectivity index (χ2v) is 4.44. The third kappa shape index (κ3) is 1.65. The van der Waals surface area contributed by atoms with E-state index >= 15 is 0 Å². The van der Waals surface area contributed by atoms with E-state index in [0.29, 0.717) is 11.6 Å². The van der Waals surface area contributed by atoms with Gasteiger partial charge in [-0.2, -0.15) is 0 Å². The van der Waals surface area contributed by atoms with Crippen molar-refractivity contribution in [3.8, 4) is 0 Å². The molecular formula is C11H10N4S. The van der Waals surface area contributed by atoms with Crippen LogP contribution in [0.3, 0.4) is 0 Å². The van der Waals surface area contributed by atoms with Crippen molar-refractivity contribution in [3.63, 3.8) is 0 Å². The quantitative estimate of drug-likeness (QED) is 0.709. The normalized spacial score (nSPS) is 11.0. The number of para-hydroxylation sites is 2. The second kappa shape index (κ2) is 3.61. The first kappa shape index (κ1) is 9.35. The standard InChI is InChI=1S/C11H10N4S/c12-11-13-7(6-16-11)5-10-14-8-3-1-2-4-9(8)15-10/h1-4,6H,5H2,(H2,12,13)(H,14,15). The largest absolute Gasteiger partial charge is 0.375 e. The van der Waals surface area contributed by atoms with Crippen LogP contribution in [-0.4, -0.2) is 15.0 Å². The highest BCUT2D eigenvalue weighted by Crippen LogP contribution is 2.16. The molecule has 1 aromatic carbocycles. The van der Waals surface area contributed by atoms with Crippen molar-refractivity contribution in [2.24, 2.45) is 0 Å². The first-order valence-electron chi connectivity index (χ1n) is 4.95. The molecule has 0 aliphatic rings. The molecule has 0 radical (unpaired) electrons. The highest BCUT2D eigenvalue weighted by atomic mass is 32.1. The Morgan fingerprint density at radius 3 is 2.88 bits per heavy atom. The zero-order valence-corrected chi connectivity index (χ0v) is 9.29. The molecule has 5 heteroatoms. The second-order valence-electron chi connectivity index (χ2n) is 3.55. The van der Waals surface area contributed by atoms with Crippen LogP contribution < -0.4 is 5.73 Å². The van der Waals surface area contributed by atoms with Crippen molar-refractivity contribution in [1.82, 2.24) is 15.0 Å². The molecule has 0 aliphatic heterocycles. The number of nitrogen functional groups attached to an aromatic ring is 1. The summed E-state index contributed by atoms with van der Waals surface area (Å²) in [5.41, 5.74) is 8.59. The molecule has 0 aliphatic carbocycles. The molecule has 2 heterocycles. The summed E-state index contributed by atoms with van der Waals surface area (Å²) in [4.78, 5) is 12.0. The van der Waals surface area contributed by atoms with Gasteiger partial charge < -0.3 is 10.7 Å². The molecule has 3 aromatic rings. The Morgan fingerprint density at radius 2 is 2.12 bits per heavy atom. The van der Waals surface area contributed by atoms with Crippen LogP contribution in [0.25, 0.3) is 11.0 Å². The smallest absolute Gasteiger partial charge is 0.180 e. The van der Waals surface area contributed by atoms with Crippen molar-refractivity contribution >= 4 is 27.5 Å². The Labute approximate surface area is 96.2 Å². The Morgan fingerprint density at radius 1 is 1.25 bits per heavy atom. The number of imidazole rings is 1. The number of nitrogens with two attached hydrogens (primary N) is 1. The fraction of sp³-hybridized carbons (Fsp3) is 0.0909. The Hall–Kier alpha value is -1.88. The summed E-state index contributed by atoms with van der Waals surface area (Å²) in [7, 11) is 0. The van der Waals surface area contributed by atoms with E-state index in [1.54, 1.807) is 0 Å². The topological polar surface area (TPSA) is 67.6 Å². The number of nitrogens with zero attached hydrogens (tertiary/aromatic N) is 2. The minimum Gasteiger partial charge on any atom is -0.375 e. The number of benzene rings is 1. The SMILES string of the molecule is Nc1nc(Cc2nc3ccccc3[nH]2)cs1. The molecule has 2 aromatic heterocycles. The number of aromatic nitrogens is 3. The summed E-state index contributed by atoms with van der Waals surface area (Å²) in [6.45, 7) is 0. The van der Waals surface area contributed by atoms with Crippen molar-refractivity contribution < 1.29 is 0 Å². The molecule has 16 heavy (non-hydrogen) atoms. The van der Waals surface area contributed by atoms with Gasteiger partial charge in [0.25, 0.3) is 0 Å². The lowest BCUT2D eigenvalue weighted by Gasteiger charge is -1.90. The van der Waals surface area contributed by atoms with Crippen LogP contribution in [0.2, 0.25) is 0 Å². The number of rotatable bonds is 2. The molecule has 0 unspecified atom stereocenters. The van der Waals surface area contributed by atoms with Crippen molar-refractivity contribution in [1.29, 1.82) is 0 Å². The van der Waals surface area contributed by atoms with Gasteiger partial charge in [-0.15, -0.1) is 11.3 Å². The molecule has 80 valence electrons. The van der Waals surface area contributed by atoms with E-state index in [1.807, 2.05) is 29.6 Å². The zero-order chi connectivity index (χ0) is 11.0. The zero-order valence-electron chi connectivity index (χ0n) is 8.47. The summed E-state index contributed by atoms with van der Waals surface area (Å²) >= 11 is 1.46. The van der Waals surface area contributed by atoms with Gasteiger partial charge in [-0.3, -0.25) is 0 Å². The first-order valence-corrected chi connectivity index (χ1v) is 5.83. The van der Waals surface area contributed by atoms with Gasteiger partial charge in [0.2, 0.25) is 0 Å². The van der Waals surface area contributed by atoms with Gasteiger partial charge in [0.05, 0.1) is 16.7 Å². The molecule has 0 bridgehead atoms. The molecule has 0 amide bonds. The minimum absolute atomic E-state index is 0.603. The number of anilines is 1. The molecule has 0 fully saturated rings. The van der Waals surface area contributed by atoms with E-state index < -0.39 is 0 Å². The molecule has 0 atom stereocenters. The molecule has 3 N–H and O–H groups in total. The van der Waals surface area contributed by atoms with Crippen LogP contribution in [0.4, 0.5) is 5.13 Å². The summed E-state index contributed by atoms with van der Waals surface area (Å²) in [6, 6.07) is 7.98. The maximum Gasteiger partial charge on any atom is 0.180 e. The highest BCUT2D eigenvalue weighted by Gasteiger charge is 2.05. The van der Waals surface area contributed by atoms with Gasteiger partial charge in [0.15, 0.2) is 5.13 Å². The number of nitrogens with one attached hydrogen (secondary N) is 1. The summed E-state index contributed by atoms with van der Waals surface area (Å²) in [5.74, 6) is 0.923. The van der Waals surface area contributed by atoms with E-state index in [-0.39, 0.29) is 0 Å². The van der Waals surface area contributed by atoms with Crippen LogP contribution in [-0.2, 0) is 6.42 Å². The van der Waals surface area contributed by atoms with Crippen LogP contribution in [0.1, 0.15) is 11.5 Å². The third-order valence-corrected chi connectivity index (χ3v) is 3.08. The van der Waals surface area contributed by atoms with Crippen LogP contribution in [0.15, 0.2) is 29.6 Å². The van der Waals surface area contributed by atoms with Gasteiger partial charge in [0.1, 0.15) is 5.82 Å². The maximum atomic E-state index is 5.58. The van der Waals surface area contributed by atoms with E-state index in [1.165, 1.54) is 11.3 Å². The van der Waals surface area contributed by atoms with E-state index in [9.17, 15) is 0 Å². The monoisotopic (exact) mass is 230 g/mol. The maximum absolute atomic E-state index is 5.58. The van der Waals surface area contributed by atoms with Gasteiger partial charge in [-0.25, -0.2) is 9.97 Å². The van der Waals surface area contributed by atoms with Gasteiger partial charge in [-0.1, -0.05) is 12.1 Å². The number of H-pyrrole nitrogens is 1. The number of fused-ring (bicyclic) bond motifs is 1. The van der Waals surface area contributed by atoms with E-state index in [2.05, 4.69) is 15.0 Å². The van der Waals surface area contributed by atoms with Crippen molar-refractivity contribution in [3.05, 3.63) is 41.2 Å². The van der Waals surface area contributed by atoms with E-state index in [4.69, 9.17) is 5.73 Å². The predicted octanol–water partition coefficient (Wildman–Crippen LogP) is 2.19. The van der Waals surface area contributed by atoms with E-state index in [0.717, 1.165) is 22.6 Å². The average Bonchev–Trinajstić information content (AvgIpc) is 2.84. The average molecular weight is 230 g/mol. The van der Waals surface area contributed by atoms with Gasteiger partial charge in [-0.05, 0) is 12.1 Å². The number of aromatic amines is 1. The van der Waals surface area contributed by atoms with Crippen LogP contribution >= 0.6 is 11.3 Å². The summed E-state index contributed by atoms with van der Waals surface area (Å²) in [6.07, 6.45) is 0.697. The molecule has 3 rings (SSSR count). The number of hydrogen-bond acceptors (Lipinski definition) is 4.